The highest BCUT2D eigenvalue weighted by Gasteiger charge is 2.27. The Balaban J connectivity index is 1.34. The lowest BCUT2D eigenvalue weighted by atomic mass is 10.2. The highest BCUT2D eigenvalue weighted by molar-refractivity contribution is 7.89. The van der Waals surface area contributed by atoms with E-state index in [9.17, 15) is 13.2 Å². The number of aryl methyl sites for hydroxylation is 1. The molecule has 12 nitrogen and oxygen atoms in total. The third kappa shape index (κ3) is 4.52. The fraction of sp³-hybridized carbons (Fsp3) is 0.318. The van der Waals surface area contributed by atoms with Crippen molar-refractivity contribution in [1.82, 2.24) is 34.1 Å². The lowest BCUT2D eigenvalue weighted by Gasteiger charge is -2.26. The van der Waals surface area contributed by atoms with Crippen molar-refractivity contribution < 1.29 is 22.7 Å². The number of morpholine rings is 1. The fourth-order valence-corrected chi connectivity index (χ4v) is 5.39. The second-order valence-corrected chi connectivity index (χ2v) is 9.75. The third-order valence-corrected chi connectivity index (χ3v) is 7.67. The van der Waals surface area contributed by atoms with E-state index in [2.05, 4.69) is 20.5 Å². The molecule has 1 saturated heterocycles. The number of carbonyl (C=O) groups excluding carboxylic acids is 1. The van der Waals surface area contributed by atoms with Gasteiger partial charge in [-0.3, -0.25) is 0 Å². The zero-order chi connectivity index (χ0) is 24.4. The quantitative estimate of drug-likeness (QED) is 0.347. The predicted octanol–water partition coefficient (Wildman–Crippen LogP) is 1.41. The van der Waals surface area contributed by atoms with Crippen molar-refractivity contribution in [2.75, 3.05) is 26.3 Å². The van der Waals surface area contributed by atoms with Gasteiger partial charge in [0.25, 0.3) is 0 Å². The van der Waals surface area contributed by atoms with Gasteiger partial charge in [-0.2, -0.15) is 4.31 Å². The molecule has 1 aliphatic rings. The van der Waals surface area contributed by atoms with Crippen molar-refractivity contribution in [2.24, 2.45) is 0 Å². The Morgan fingerprint density at radius 1 is 1.11 bits per heavy atom. The molecule has 1 aliphatic heterocycles. The molecule has 0 atom stereocenters. The molecule has 0 N–H and O–H groups in total. The number of aromatic nitrogens is 6. The fourth-order valence-electron chi connectivity index (χ4n) is 3.96. The Morgan fingerprint density at radius 3 is 2.57 bits per heavy atom. The highest BCUT2D eigenvalue weighted by atomic mass is 32.2. The second kappa shape index (κ2) is 9.52. The Hall–Kier alpha value is -3.68. The summed E-state index contributed by atoms with van der Waals surface area (Å²) in [6, 6.07) is 11.6. The smallest absolute Gasteiger partial charge is 0.338 e. The number of fused-ring (bicyclic) bond motifs is 1. The van der Waals surface area contributed by atoms with Crippen LogP contribution < -0.4 is 0 Å². The van der Waals surface area contributed by atoms with Gasteiger partial charge in [0, 0.05) is 19.6 Å². The maximum atomic E-state index is 13.0. The van der Waals surface area contributed by atoms with Crippen LogP contribution in [0.4, 0.5) is 0 Å². The molecule has 1 fully saturated rings. The summed E-state index contributed by atoms with van der Waals surface area (Å²) in [5, 5.41) is 11.0. The van der Waals surface area contributed by atoms with Crippen LogP contribution in [0.1, 0.15) is 23.1 Å². The van der Waals surface area contributed by atoms with Gasteiger partial charge in [0.1, 0.15) is 18.8 Å². The van der Waals surface area contributed by atoms with Crippen LogP contribution in [0.25, 0.3) is 16.7 Å². The topological polar surface area (TPSA) is 134 Å². The molecule has 13 heteroatoms. The summed E-state index contributed by atoms with van der Waals surface area (Å²) in [7, 11) is -3.64. The van der Waals surface area contributed by atoms with E-state index in [4.69, 9.17) is 9.47 Å². The van der Waals surface area contributed by atoms with Crippen LogP contribution in [0.3, 0.4) is 0 Å². The molecule has 0 saturated carbocycles. The number of rotatable bonds is 7. The van der Waals surface area contributed by atoms with Gasteiger partial charge >= 0.3 is 5.97 Å². The summed E-state index contributed by atoms with van der Waals surface area (Å²) < 4.78 is 41.6. The molecule has 0 radical (unpaired) electrons. The first-order valence-electron chi connectivity index (χ1n) is 11.0. The molecule has 2 aromatic heterocycles. The van der Waals surface area contributed by atoms with Gasteiger partial charge in [-0.25, -0.2) is 22.9 Å². The van der Waals surface area contributed by atoms with Crippen LogP contribution >= 0.6 is 0 Å². The van der Waals surface area contributed by atoms with Crippen molar-refractivity contribution in [1.29, 1.82) is 0 Å². The summed E-state index contributed by atoms with van der Waals surface area (Å²) in [5.41, 5.74) is 2.38. The number of esters is 1. The molecule has 0 spiro atoms. The SMILES string of the molecule is CCn1c(COC(=O)c2ccc(-n3cnnn3)cc2)nc2cc(S(=O)(=O)N3CCOCC3)ccc21. The van der Waals surface area contributed by atoms with Gasteiger partial charge in [0.2, 0.25) is 10.0 Å². The zero-order valence-corrected chi connectivity index (χ0v) is 19.8. The van der Waals surface area contributed by atoms with Crippen molar-refractivity contribution in [3.05, 3.63) is 60.2 Å². The normalized spacial score (nSPS) is 14.9. The number of hydrogen-bond donors (Lipinski definition) is 0. The minimum atomic E-state index is -3.64. The van der Waals surface area contributed by atoms with Gasteiger partial charge in [-0.15, -0.1) is 5.10 Å². The number of benzene rings is 2. The molecular formula is C22H23N7O5S. The highest BCUT2D eigenvalue weighted by Crippen LogP contribution is 2.24. The molecule has 35 heavy (non-hydrogen) atoms. The molecule has 5 rings (SSSR count). The molecule has 0 aliphatic carbocycles. The molecule has 0 bridgehead atoms. The van der Waals surface area contributed by atoms with E-state index in [-0.39, 0.29) is 11.5 Å². The van der Waals surface area contributed by atoms with Crippen molar-refractivity contribution in [2.45, 2.75) is 25.0 Å². The number of sulfonamides is 1. The lowest BCUT2D eigenvalue weighted by molar-refractivity contribution is 0.0458. The van der Waals surface area contributed by atoms with Crippen LogP contribution in [0.5, 0.6) is 0 Å². The Morgan fingerprint density at radius 2 is 1.89 bits per heavy atom. The molecule has 0 unspecified atom stereocenters. The number of tetrazole rings is 1. The van der Waals surface area contributed by atoms with Crippen LogP contribution in [0.2, 0.25) is 0 Å². The van der Waals surface area contributed by atoms with E-state index >= 15 is 0 Å². The van der Waals surface area contributed by atoms with Gasteiger partial charge in [-0.05, 0) is 59.8 Å². The third-order valence-electron chi connectivity index (χ3n) is 5.77. The number of nitrogens with zero attached hydrogens (tertiary/aromatic N) is 7. The molecule has 4 aromatic rings. The van der Waals surface area contributed by atoms with Crippen molar-refractivity contribution in [3.8, 4) is 5.69 Å². The average Bonchev–Trinajstić information content (AvgIpc) is 3.55. The number of carbonyl (C=O) groups is 1. The molecule has 2 aromatic carbocycles. The van der Waals surface area contributed by atoms with E-state index in [0.29, 0.717) is 55.4 Å². The van der Waals surface area contributed by atoms with Gasteiger partial charge in [0.05, 0.1) is 40.4 Å². The van der Waals surface area contributed by atoms with Gasteiger partial charge in [0.15, 0.2) is 0 Å². The van der Waals surface area contributed by atoms with Crippen molar-refractivity contribution >= 4 is 27.0 Å². The average molecular weight is 498 g/mol. The second-order valence-electron chi connectivity index (χ2n) is 7.82. The predicted molar refractivity (Wildman–Crippen MR) is 123 cm³/mol. The minimum Gasteiger partial charge on any atom is -0.454 e. The Labute approximate surface area is 201 Å². The lowest BCUT2D eigenvalue weighted by Crippen LogP contribution is -2.40. The number of ether oxygens (including phenoxy) is 2. The molecule has 3 heterocycles. The summed E-state index contributed by atoms with van der Waals surface area (Å²) in [6.07, 6.45) is 1.46. The van der Waals surface area contributed by atoms with E-state index in [0.717, 1.165) is 5.52 Å². The van der Waals surface area contributed by atoms with Gasteiger partial charge in [-0.1, -0.05) is 0 Å². The standard InChI is InChI=1S/C22H23N7O5S/c1-2-28-20-8-7-18(35(31,32)27-9-11-33-12-10-27)13-19(20)24-21(28)14-34-22(30)16-3-5-17(6-4-16)29-15-23-25-26-29/h3-8,13,15H,2,9-12,14H2,1H3. The molecule has 0 amide bonds. The van der Waals surface area contributed by atoms with Crippen LogP contribution in [0, 0.1) is 0 Å². The molecule has 182 valence electrons. The van der Waals surface area contributed by atoms with E-state index in [1.165, 1.54) is 15.3 Å². The summed E-state index contributed by atoms with van der Waals surface area (Å²) in [4.78, 5) is 17.3. The largest absolute Gasteiger partial charge is 0.454 e. The van der Waals surface area contributed by atoms with Crippen molar-refractivity contribution in [3.63, 3.8) is 0 Å². The van der Waals surface area contributed by atoms with Gasteiger partial charge < -0.3 is 14.0 Å². The Kier molecular flexibility index (Phi) is 6.28. The zero-order valence-electron chi connectivity index (χ0n) is 18.9. The summed E-state index contributed by atoms with van der Waals surface area (Å²) >= 11 is 0. The molecular weight excluding hydrogens is 474 g/mol. The number of hydrogen-bond acceptors (Lipinski definition) is 9. The Bertz CT molecular complexity index is 1440. The summed E-state index contributed by atoms with van der Waals surface area (Å²) in [5.74, 6) is 0.0284. The van der Waals surface area contributed by atoms with E-state index < -0.39 is 16.0 Å². The maximum Gasteiger partial charge on any atom is 0.338 e. The monoisotopic (exact) mass is 497 g/mol. The first-order valence-corrected chi connectivity index (χ1v) is 12.5. The van der Waals surface area contributed by atoms with Crippen LogP contribution in [0.15, 0.2) is 53.7 Å². The number of imidazole rings is 1. The van der Waals surface area contributed by atoms with Crippen LogP contribution in [-0.4, -0.2) is 74.8 Å². The minimum absolute atomic E-state index is 0.0539. The van der Waals surface area contributed by atoms with E-state index in [1.54, 1.807) is 42.5 Å². The first kappa shape index (κ1) is 23.1. The van der Waals surface area contributed by atoms with Crippen LogP contribution in [-0.2, 0) is 32.6 Å². The first-order chi connectivity index (χ1) is 17.0. The summed E-state index contributed by atoms with van der Waals surface area (Å²) in [6.45, 7) is 3.87. The maximum absolute atomic E-state index is 13.0. The van der Waals surface area contributed by atoms with E-state index in [1.807, 2.05) is 11.5 Å².